The number of ether oxygens (including phenoxy) is 4. The van der Waals surface area contributed by atoms with Crippen LogP contribution in [0.3, 0.4) is 0 Å². The van der Waals surface area contributed by atoms with Gasteiger partial charge in [0.25, 0.3) is 0 Å². The third-order valence-electron chi connectivity index (χ3n) is 8.35. The molecule has 0 spiro atoms. The fourth-order valence-corrected chi connectivity index (χ4v) is 5.79. The van der Waals surface area contributed by atoms with Crippen LogP contribution in [-0.4, -0.2) is 38.6 Å². The first kappa shape index (κ1) is 25.6. The Morgan fingerprint density at radius 1 is 0.806 bits per heavy atom. The largest absolute Gasteiger partial charge is 0.491 e. The Morgan fingerprint density at radius 3 is 2.08 bits per heavy atom. The molecule has 4 heteroatoms. The summed E-state index contributed by atoms with van der Waals surface area (Å²) in [6, 6.07) is 15.7. The van der Waals surface area contributed by atoms with Crippen molar-refractivity contribution >= 4 is 0 Å². The maximum atomic E-state index is 6.56. The van der Waals surface area contributed by atoms with Crippen LogP contribution < -0.4 is 9.47 Å². The highest BCUT2D eigenvalue weighted by molar-refractivity contribution is 5.47. The summed E-state index contributed by atoms with van der Waals surface area (Å²) < 4.78 is 23.1. The average molecular weight is 493 g/mol. The van der Waals surface area contributed by atoms with Crippen LogP contribution in [0.1, 0.15) is 101 Å². The average Bonchev–Trinajstić information content (AvgIpc) is 3.82. The lowest BCUT2D eigenvalue weighted by Gasteiger charge is -2.33. The van der Waals surface area contributed by atoms with E-state index in [-0.39, 0.29) is 11.5 Å². The Balaban J connectivity index is 1.26. The van der Waals surface area contributed by atoms with E-state index in [1.165, 1.54) is 68.1 Å². The van der Waals surface area contributed by atoms with Crippen molar-refractivity contribution in [3.05, 3.63) is 59.2 Å². The fourth-order valence-electron chi connectivity index (χ4n) is 5.79. The zero-order valence-electron chi connectivity index (χ0n) is 22.5. The molecule has 2 heterocycles. The van der Waals surface area contributed by atoms with Crippen molar-refractivity contribution in [1.82, 2.24) is 0 Å². The second-order valence-corrected chi connectivity index (χ2v) is 11.7. The molecule has 1 saturated carbocycles. The van der Waals surface area contributed by atoms with E-state index in [1.54, 1.807) is 0 Å². The first-order valence-corrected chi connectivity index (χ1v) is 14.3. The van der Waals surface area contributed by atoms with Gasteiger partial charge in [-0.25, -0.2) is 0 Å². The molecule has 2 aromatic carbocycles. The number of benzene rings is 2. The number of para-hydroxylation sites is 1. The molecule has 0 radical (unpaired) electrons. The topological polar surface area (TPSA) is 43.5 Å². The van der Waals surface area contributed by atoms with E-state index in [0.717, 1.165) is 24.7 Å². The third kappa shape index (κ3) is 6.63. The van der Waals surface area contributed by atoms with Gasteiger partial charge >= 0.3 is 0 Å². The Labute approximate surface area is 217 Å². The number of rotatable bonds is 13. The first-order valence-electron chi connectivity index (χ1n) is 14.3. The van der Waals surface area contributed by atoms with Gasteiger partial charge in [-0.05, 0) is 72.6 Å². The minimum atomic E-state index is 0.109. The van der Waals surface area contributed by atoms with Crippen LogP contribution in [0.4, 0.5) is 0 Å². The molecule has 36 heavy (non-hydrogen) atoms. The fraction of sp³-hybridized carbons (Fsp3) is 0.625. The predicted octanol–water partition coefficient (Wildman–Crippen LogP) is 7.54. The van der Waals surface area contributed by atoms with E-state index in [9.17, 15) is 0 Å². The highest BCUT2D eigenvalue weighted by Gasteiger charge is 2.32. The number of unbranched alkanes of at least 4 members (excludes halogenated alkanes) is 2. The molecule has 0 amide bonds. The smallest absolute Gasteiger partial charge is 0.126 e. The van der Waals surface area contributed by atoms with Crippen LogP contribution in [0.5, 0.6) is 11.5 Å². The van der Waals surface area contributed by atoms with Gasteiger partial charge in [-0.1, -0.05) is 70.4 Å². The second kappa shape index (κ2) is 11.6. The molecule has 0 bridgehead atoms. The van der Waals surface area contributed by atoms with Gasteiger partial charge in [-0.3, -0.25) is 0 Å². The zero-order chi connectivity index (χ0) is 25.0. The summed E-state index contributed by atoms with van der Waals surface area (Å²) in [6.07, 6.45) is 10.4. The van der Waals surface area contributed by atoms with Gasteiger partial charge in [0, 0.05) is 5.56 Å². The molecule has 0 N–H and O–H groups in total. The Hall–Kier alpha value is -2.04. The Bertz CT molecular complexity index is 966. The lowest BCUT2D eigenvalue weighted by Crippen LogP contribution is -2.21. The van der Waals surface area contributed by atoms with E-state index in [0.29, 0.717) is 31.2 Å². The van der Waals surface area contributed by atoms with E-state index in [2.05, 4.69) is 63.2 Å². The van der Waals surface area contributed by atoms with Crippen molar-refractivity contribution in [1.29, 1.82) is 0 Å². The SMILES string of the molecule is CCCCCC(C)(C)c1cccc(C2CCC(c3ccc(OCC4CO4)cc3)CC2)c1OCC1CO1. The summed E-state index contributed by atoms with van der Waals surface area (Å²) in [6.45, 7) is 10.1. The van der Waals surface area contributed by atoms with E-state index in [4.69, 9.17) is 18.9 Å². The standard InChI is InChI=1S/C32H44O4/c1-4-5-6-18-32(2,3)30-9-7-8-29(31(30)36-22-28-21-35-28)25-12-10-23(11-13-25)24-14-16-26(17-15-24)33-19-27-20-34-27/h7-9,14-17,23,25,27-28H,4-6,10-13,18-22H2,1-3H3. The lowest BCUT2D eigenvalue weighted by molar-refractivity contribution is 0.251. The molecule has 196 valence electrons. The molecule has 2 aromatic rings. The quantitative estimate of drug-likeness (QED) is 0.214. The van der Waals surface area contributed by atoms with Crippen LogP contribution in [-0.2, 0) is 14.9 Å². The minimum Gasteiger partial charge on any atom is -0.491 e. The normalized spacial score (nSPS) is 25.4. The summed E-state index contributed by atoms with van der Waals surface area (Å²) in [7, 11) is 0. The van der Waals surface area contributed by atoms with Crippen molar-refractivity contribution in [2.24, 2.45) is 0 Å². The monoisotopic (exact) mass is 492 g/mol. The summed E-state index contributed by atoms with van der Waals surface area (Å²) >= 11 is 0. The van der Waals surface area contributed by atoms with Gasteiger partial charge in [0.05, 0.1) is 13.2 Å². The summed E-state index contributed by atoms with van der Waals surface area (Å²) in [5.41, 5.74) is 4.35. The van der Waals surface area contributed by atoms with E-state index < -0.39 is 0 Å². The van der Waals surface area contributed by atoms with Gasteiger partial charge in [0.2, 0.25) is 0 Å². The minimum absolute atomic E-state index is 0.109. The Morgan fingerprint density at radius 2 is 1.44 bits per heavy atom. The first-order chi connectivity index (χ1) is 17.5. The van der Waals surface area contributed by atoms with Crippen LogP contribution in [0.2, 0.25) is 0 Å². The highest BCUT2D eigenvalue weighted by atomic mass is 16.6. The van der Waals surface area contributed by atoms with Gasteiger partial charge < -0.3 is 18.9 Å². The molecule has 3 fully saturated rings. The molecule has 5 rings (SSSR count). The summed E-state index contributed by atoms with van der Waals surface area (Å²) in [5, 5.41) is 0. The molecule has 2 atom stereocenters. The van der Waals surface area contributed by atoms with Gasteiger partial charge in [0.1, 0.15) is 36.9 Å². The molecular weight excluding hydrogens is 448 g/mol. The molecule has 3 aliphatic rings. The molecule has 1 aliphatic carbocycles. The van der Waals surface area contributed by atoms with Crippen molar-refractivity contribution in [3.63, 3.8) is 0 Å². The summed E-state index contributed by atoms with van der Waals surface area (Å²) in [4.78, 5) is 0. The molecule has 2 unspecified atom stereocenters. The summed E-state index contributed by atoms with van der Waals surface area (Å²) in [5.74, 6) is 3.28. The van der Waals surface area contributed by atoms with Gasteiger partial charge in [-0.2, -0.15) is 0 Å². The van der Waals surface area contributed by atoms with Crippen LogP contribution in [0, 0.1) is 0 Å². The Kier molecular flexibility index (Phi) is 8.22. The van der Waals surface area contributed by atoms with Crippen LogP contribution in [0.25, 0.3) is 0 Å². The van der Waals surface area contributed by atoms with Crippen LogP contribution >= 0.6 is 0 Å². The van der Waals surface area contributed by atoms with Crippen molar-refractivity contribution in [2.45, 2.75) is 102 Å². The maximum Gasteiger partial charge on any atom is 0.126 e. The van der Waals surface area contributed by atoms with E-state index in [1.807, 2.05) is 0 Å². The molecule has 4 nitrogen and oxygen atoms in total. The second-order valence-electron chi connectivity index (χ2n) is 11.7. The van der Waals surface area contributed by atoms with Crippen molar-refractivity contribution in [2.75, 3.05) is 26.4 Å². The van der Waals surface area contributed by atoms with Gasteiger partial charge in [-0.15, -0.1) is 0 Å². The molecule has 0 aromatic heterocycles. The molecular formula is C32H44O4. The van der Waals surface area contributed by atoms with E-state index >= 15 is 0 Å². The van der Waals surface area contributed by atoms with Crippen molar-refractivity contribution in [3.8, 4) is 11.5 Å². The number of hydrogen-bond acceptors (Lipinski definition) is 4. The predicted molar refractivity (Wildman–Crippen MR) is 144 cm³/mol. The van der Waals surface area contributed by atoms with Crippen molar-refractivity contribution < 1.29 is 18.9 Å². The third-order valence-corrected chi connectivity index (χ3v) is 8.35. The highest BCUT2D eigenvalue weighted by Crippen LogP contribution is 2.46. The van der Waals surface area contributed by atoms with Gasteiger partial charge in [0.15, 0.2) is 0 Å². The number of epoxide rings is 2. The maximum absolute atomic E-state index is 6.56. The lowest BCUT2D eigenvalue weighted by atomic mass is 9.73. The zero-order valence-corrected chi connectivity index (χ0v) is 22.5. The number of hydrogen-bond donors (Lipinski definition) is 0. The van der Waals surface area contributed by atoms with Crippen LogP contribution in [0.15, 0.2) is 42.5 Å². The molecule has 2 aliphatic heterocycles. The molecule has 2 saturated heterocycles.